The SMILES string of the molecule is O=c1cc(-c2cccnc2)nc2cc(-c3cccc(F)c3)[nH]n12. The van der Waals surface area contributed by atoms with Gasteiger partial charge in [-0.3, -0.25) is 14.9 Å². The van der Waals surface area contributed by atoms with Gasteiger partial charge in [0.15, 0.2) is 5.65 Å². The summed E-state index contributed by atoms with van der Waals surface area (Å²) in [5, 5.41) is 2.95. The third-order valence-corrected chi connectivity index (χ3v) is 3.54. The monoisotopic (exact) mass is 306 g/mol. The average Bonchev–Trinajstić information content (AvgIpc) is 3.00. The summed E-state index contributed by atoms with van der Waals surface area (Å²) >= 11 is 0. The van der Waals surface area contributed by atoms with Crippen molar-refractivity contribution < 1.29 is 4.39 Å². The fraction of sp³-hybridized carbons (Fsp3) is 0. The summed E-state index contributed by atoms with van der Waals surface area (Å²) in [7, 11) is 0. The highest BCUT2D eigenvalue weighted by molar-refractivity contribution is 5.66. The van der Waals surface area contributed by atoms with Crippen LogP contribution in [0.3, 0.4) is 0 Å². The zero-order chi connectivity index (χ0) is 15.8. The van der Waals surface area contributed by atoms with Crippen LogP contribution in [0.5, 0.6) is 0 Å². The second-order valence-corrected chi connectivity index (χ2v) is 5.10. The van der Waals surface area contributed by atoms with Crippen LogP contribution in [0.1, 0.15) is 0 Å². The Morgan fingerprint density at radius 1 is 1.04 bits per heavy atom. The third kappa shape index (κ3) is 2.40. The lowest BCUT2D eigenvalue weighted by atomic mass is 10.1. The molecule has 0 aliphatic heterocycles. The van der Waals surface area contributed by atoms with E-state index < -0.39 is 0 Å². The second-order valence-electron chi connectivity index (χ2n) is 5.10. The molecule has 0 saturated carbocycles. The number of rotatable bonds is 2. The Labute approximate surface area is 130 Å². The maximum atomic E-state index is 13.4. The lowest BCUT2D eigenvalue weighted by Crippen LogP contribution is -2.14. The van der Waals surface area contributed by atoms with Gasteiger partial charge in [-0.1, -0.05) is 12.1 Å². The van der Waals surface area contributed by atoms with Crippen molar-refractivity contribution in [2.24, 2.45) is 0 Å². The highest BCUT2D eigenvalue weighted by atomic mass is 19.1. The molecule has 112 valence electrons. The molecule has 3 heterocycles. The van der Waals surface area contributed by atoms with E-state index in [1.807, 2.05) is 6.07 Å². The van der Waals surface area contributed by atoms with Gasteiger partial charge in [-0.15, -0.1) is 0 Å². The molecule has 0 spiro atoms. The Morgan fingerprint density at radius 3 is 2.70 bits per heavy atom. The number of nitrogens with one attached hydrogen (secondary N) is 1. The van der Waals surface area contributed by atoms with E-state index in [-0.39, 0.29) is 11.4 Å². The highest BCUT2D eigenvalue weighted by Crippen LogP contribution is 2.21. The molecule has 6 heteroatoms. The number of benzene rings is 1. The molecule has 1 N–H and O–H groups in total. The van der Waals surface area contributed by atoms with Crippen molar-refractivity contribution in [3.8, 4) is 22.5 Å². The molecule has 4 aromatic rings. The topological polar surface area (TPSA) is 63.0 Å². The largest absolute Gasteiger partial charge is 0.289 e. The van der Waals surface area contributed by atoms with E-state index in [4.69, 9.17) is 0 Å². The number of halogens is 1. The Hall–Kier alpha value is -3.28. The van der Waals surface area contributed by atoms with Crippen LogP contribution in [-0.2, 0) is 0 Å². The van der Waals surface area contributed by atoms with Gasteiger partial charge in [-0.2, -0.15) is 0 Å². The molecule has 5 nitrogen and oxygen atoms in total. The maximum Gasteiger partial charge on any atom is 0.273 e. The van der Waals surface area contributed by atoms with Gasteiger partial charge >= 0.3 is 0 Å². The molecule has 0 amide bonds. The summed E-state index contributed by atoms with van der Waals surface area (Å²) in [6.07, 6.45) is 3.31. The molecule has 0 radical (unpaired) electrons. The Morgan fingerprint density at radius 2 is 1.91 bits per heavy atom. The van der Waals surface area contributed by atoms with E-state index in [0.29, 0.717) is 22.6 Å². The zero-order valence-electron chi connectivity index (χ0n) is 11.9. The zero-order valence-corrected chi connectivity index (χ0v) is 11.9. The standard InChI is InChI=1S/C17H11FN4O/c18-13-5-1-3-11(7-13)15-8-16-20-14(9-17(23)22(16)21-15)12-4-2-6-19-10-12/h1-10,21H. The number of nitrogens with zero attached hydrogens (tertiary/aromatic N) is 3. The smallest absolute Gasteiger partial charge is 0.273 e. The van der Waals surface area contributed by atoms with Crippen molar-refractivity contribution in [2.75, 3.05) is 0 Å². The number of hydrogen-bond acceptors (Lipinski definition) is 3. The quantitative estimate of drug-likeness (QED) is 0.619. The number of aromatic nitrogens is 4. The molecule has 0 aliphatic carbocycles. The van der Waals surface area contributed by atoms with E-state index in [2.05, 4.69) is 15.1 Å². The summed E-state index contributed by atoms with van der Waals surface area (Å²) in [6.45, 7) is 0. The molecule has 0 bridgehead atoms. The van der Waals surface area contributed by atoms with Crippen molar-refractivity contribution in [2.45, 2.75) is 0 Å². The predicted octanol–water partition coefficient (Wildman–Crippen LogP) is 2.89. The van der Waals surface area contributed by atoms with Crippen LogP contribution < -0.4 is 5.56 Å². The summed E-state index contributed by atoms with van der Waals surface area (Å²) in [6, 6.07) is 12.9. The molecule has 23 heavy (non-hydrogen) atoms. The average molecular weight is 306 g/mol. The molecular formula is C17H11FN4O. The number of hydrogen-bond donors (Lipinski definition) is 1. The lowest BCUT2D eigenvalue weighted by Gasteiger charge is -1.99. The van der Waals surface area contributed by atoms with Crippen molar-refractivity contribution in [3.63, 3.8) is 0 Å². The van der Waals surface area contributed by atoms with Gasteiger partial charge in [0.25, 0.3) is 5.56 Å². The van der Waals surface area contributed by atoms with Crippen LogP contribution >= 0.6 is 0 Å². The Kier molecular flexibility index (Phi) is 3.01. The van der Waals surface area contributed by atoms with Crippen molar-refractivity contribution in [1.82, 2.24) is 19.6 Å². The van der Waals surface area contributed by atoms with Crippen LogP contribution in [0.4, 0.5) is 4.39 Å². The molecule has 0 atom stereocenters. The summed E-state index contributed by atoms with van der Waals surface area (Å²) < 4.78 is 14.7. The molecular weight excluding hydrogens is 295 g/mol. The first-order valence-electron chi connectivity index (χ1n) is 7.00. The normalized spacial score (nSPS) is 11.0. The molecule has 0 aliphatic rings. The summed E-state index contributed by atoms with van der Waals surface area (Å²) in [5.74, 6) is -0.336. The number of pyridine rings is 1. The minimum atomic E-state index is -0.336. The molecule has 0 saturated heterocycles. The van der Waals surface area contributed by atoms with Gasteiger partial charge in [0.05, 0.1) is 11.4 Å². The predicted molar refractivity (Wildman–Crippen MR) is 84.4 cm³/mol. The Bertz CT molecular complexity index is 1050. The first kappa shape index (κ1) is 13.4. The molecule has 0 unspecified atom stereocenters. The van der Waals surface area contributed by atoms with E-state index in [1.54, 1.807) is 36.7 Å². The highest BCUT2D eigenvalue weighted by Gasteiger charge is 2.09. The molecule has 1 aromatic carbocycles. The fourth-order valence-corrected chi connectivity index (χ4v) is 2.46. The first-order valence-corrected chi connectivity index (χ1v) is 7.00. The van der Waals surface area contributed by atoms with Gasteiger partial charge < -0.3 is 0 Å². The van der Waals surface area contributed by atoms with E-state index in [1.165, 1.54) is 22.7 Å². The van der Waals surface area contributed by atoms with Crippen molar-refractivity contribution in [1.29, 1.82) is 0 Å². The minimum Gasteiger partial charge on any atom is -0.289 e. The summed E-state index contributed by atoms with van der Waals surface area (Å²) in [5.41, 5.74) is 2.82. The lowest BCUT2D eigenvalue weighted by molar-refractivity contribution is 0.628. The van der Waals surface area contributed by atoms with Gasteiger partial charge in [0.1, 0.15) is 5.82 Å². The summed E-state index contributed by atoms with van der Waals surface area (Å²) in [4.78, 5) is 20.8. The van der Waals surface area contributed by atoms with Crippen LogP contribution in [0.15, 0.2) is 65.7 Å². The Balaban J connectivity index is 1.89. The first-order chi connectivity index (χ1) is 11.2. The number of H-pyrrole nitrogens is 1. The van der Waals surface area contributed by atoms with Crippen LogP contribution in [0.2, 0.25) is 0 Å². The van der Waals surface area contributed by atoms with Crippen LogP contribution in [0.25, 0.3) is 28.2 Å². The molecule has 0 fully saturated rings. The van der Waals surface area contributed by atoms with Crippen LogP contribution in [0, 0.1) is 5.82 Å². The van der Waals surface area contributed by atoms with Crippen LogP contribution in [-0.4, -0.2) is 19.6 Å². The molecule has 4 rings (SSSR count). The second kappa shape index (κ2) is 5.17. The molecule has 3 aromatic heterocycles. The van der Waals surface area contributed by atoms with Crippen molar-refractivity contribution in [3.05, 3.63) is 77.1 Å². The minimum absolute atomic E-state index is 0.239. The van der Waals surface area contributed by atoms with Gasteiger partial charge in [0, 0.05) is 35.7 Å². The number of aromatic amines is 1. The maximum absolute atomic E-state index is 13.4. The fourth-order valence-electron chi connectivity index (χ4n) is 2.46. The third-order valence-electron chi connectivity index (χ3n) is 3.54. The van der Waals surface area contributed by atoms with E-state index in [0.717, 1.165) is 5.56 Å². The van der Waals surface area contributed by atoms with Crippen molar-refractivity contribution >= 4 is 5.65 Å². The number of fused-ring (bicyclic) bond motifs is 1. The van der Waals surface area contributed by atoms with Gasteiger partial charge in [-0.05, 0) is 24.3 Å². The van der Waals surface area contributed by atoms with E-state index >= 15 is 0 Å². The van der Waals surface area contributed by atoms with Gasteiger partial charge in [-0.25, -0.2) is 13.9 Å². The van der Waals surface area contributed by atoms with E-state index in [9.17, 15) is 9.18 Å². The van der Waals surface area contributed by atoms with Gasteiger partial charge in [0.2, 0.25) is 0 Å².